The Morgan fingerprint density at radius 1 is 1.28 bits per heavy atom. The highest BCUT2D eigenvalue weighted by molar-refractivity contribution is 7.17. The first-order chi connectivity index (χ1) is 13.7. The molecule has 8 nitrogen and oxygen atoms in total. The van der Waals surface area contributed by atoms with Crippen molar-refractivity contribution < 1.29 is 33.0 Å². The lowest BCUT2D eigenvalue weighted by atomic mass is 9.97. The van der Waals surface area contributed by atoms with Crippen LogP contribution in [0.4, 0.5) is 18.0 Å². The van der Waals surface area contributed by atoms with E-state index in [1.54, 1.807) is 11.5 Å². The molecule has 29 heavy (non-hydrogen) atoms. The van der Waals surface area contributed by atoms with Crippen LogP contribution in [0.5, 0.6) is 5.75 Å². The number of halogens is 3. The molecule has 0 aliphatic carbocycles. The quantitative estimate of drug-likeness (QED) is 0.239. The third-order valence-corrected chi connectivity index (χ3v) is 4.72. The van der Waals surface area contributed by atoms with E-state index < -0.39 is 12.5 Å². The molecule has 152 valence electrons. The predicted octanol–water partition coefficient (Wildman–Crippen LogP) is 3.93. The van der Waals surface area contributed by atoms with Gasteiger partial charge in [-0.05, 0) is 29.3 Å². The number of hydroxylamine groups is 1. The molecule has 1 aromatic heterocycles. The second-order valence-corrected chi connectivity index (χ2v) is 6.56. The number of rotatable bonds is 5. The standard InChI is InChI=1S/C17H13F3N4O4S/c18-17(19,20)28-10-3-1-8(2-4-10)11-5-9(6-22-16(25)26)12(15(21)24-27)14-13(11)23-7-29-14/h1-5,7,22,27H,6H2,(H2,21,24)(H,25,26). The topological polar surface area (TPSA) is 128 Å². The Morgan fingerprint density at radius 2 is 1.97 bits per heavy atom. The summed E-state index contributed by atoms with van der Waals surface area (Å²) in [5, 5.41) is 28.2. The van der Waals surface area contributed by atoms with E-state index in [2.05, 4.69) is 15.0 Å². The van der Waals surface area contributed by atoms with Crippen molar-refractivity contribution in [2.45, 2.75) is 12.9 Å². The van der Waals surface area contributed by atoms with Crippen molar-refractivity contribution >= 4 is 33.5 Å². The summed E-state index contributed by atoms with van der Waals surface area (Å²) in [5.74, 6) is -0.728. The van der Waals surface area contributed by atoms with Gasteiger partial charge in [-0.1, -0.05) is 12.1 Å². The molecule has 0 saturated heterocycles. The van der Waals surface area contributed by atoms with E-state index in [4.69, 9.17) is 15.7 Å². The molecule has 0 radical (unpaired) electrons. The third kappa shape index (κ3) is 4.55. The lowest BCUT2D eigenvalue weighted by Gasteiger charge is -2.15. The van der Waals surface area contributed by atoms with Crippen LogP contribution in [-0.4, -0.2) is 33.6 Å². The van der Waals surface area contributed by atoms with Crippen LogP contribution in [-0.2, 0) is 6.54 Å². The summed E-state index contributed by atoms with van der Waals surface area (Å²) in [6, 6.07) is 6.71. The number of hydrogen-bond acceptors (Lipinski definition) is 6. The van der Waals surface area contributed by atoms with Crippen molar-refractivity contribution in [1.82, 2.24) is 15.8 Å². The number of nitrogens with one attached hydrogen (secondary N) is 3. The summed E-state index contributed by atoms with van der Waals surface area (Å²) in [6.45, 7) is -0.162. The van der Waals surface area contributed by atoms with Gasteiger partial charge in [-0.2, -0.15) is 0 Å². The maximum Gasteiger partial charge on any atom is 0.573 e. The zero-order valence-electron chi connectivity index (χ0n) is 14.4. The van der Waals surface area contributed by atoms with Crippen molar-refractivity contribution in [2.24, 2.45) is 0 Å². The highest BCUT2D eigenvalue weighted by Gasteiger charge is 2.31. The molecule has 3 rings (SSSR count). The van der Waals surface area contributed by atoms with Gasteiger partial charge in [0.05, 0.1) is 15.7 Å². The number of benzene rings is 2. The Balaban J connectivity index is 2.11. The van der Waals surface area contributed by atoms with Gasteiger partial charge < -0.3 is 15.2 Å². The van der Waals surface area contributed by atoms with E-state index in [1.807, 2.05) is 0 Å². The smallest absolute Gasteiger partial charge is 0.465 e. The molecule has 0 aliphatic heterocycles. The van der Waals surface area contributed by atoms with E-state index >= 15 is 0 Å². The molecule has 12 heteroatoms. The van der Waals surface area contributed by atoms with Gasteiger partial charge >= 0.3 is 12.5 Å². The molecule has 0 bridgehead atoms. The van der Waals surface area contributed by atoms with Gasteiger partial charge in [-0.3, -0.25) is 16.1 Å². The van der Waals surface area contributed by atoms with E-state index in [1.165, 1.54) is 29.0 Å². The molecule has 0 unspecified atom stereocenters. The second kappa shape index (κ2) is 7.93. The maximum absolute atomic E-state index is 12.4. The molecular formula is C17H13F3N4O4S. The van der Waals surface area contributed by atoms with Crippen LogP contribution >= 0.6 is 11.3 Å². The van der Waals surface area contributed by atoms with Gasteiger partial charge in [-0.15, -0.1) is 24.5 Å². The van der Waals surface area contributed by atoms with Gasteiger partial charge in [-0.25, -0.2) is 9.78 Å². The number of fused-ring (bicyclic) bond motifs is 1. The fraction of sp³-hybridized carbons (Fsp3) is 0.118. The molecule has 1 amide bonds. The highest BCUT2D eigenvalue weighted by atomic mass is 32.1. The fourth-order valence-corrected chi connectivity index (χ4v) is 3.66. The van der Waals surface area contributed by atoms with E-state index in [0.29, 0.717) is 26.9 Å². The Morgan fingerprint density at radius 3 is 2.55 bits per heavy atom. The average molecular weight is 426 g/mol. The van der Waals surface area contributed by atoms with Crippen LogP contribution in [0.15, 0.2) is 35.8 Å². The lowest BCUT2D eigenvalue weighted by molar-refractivity contribution is -0.274. The SMILES string of the molecule is N=C(NO)c1c(CNC(=O)O)cc(-c2ccc(OC(F)(F)F)cc2)c2ncsc12. The number of amides is 1. The molecule has 0 saturated carbocycles. The predicted molar refractivity (Wildman–Crippen MR) is 98.4 cm³/mol. The molecule has 0 spiro atoms. The molecule has 3 aromatic rings. The van der Waals surface area contributed by atoms with Crippen molar-refractivity contribution in [3.8, 4) is 16.9 Å². The molecule has 0 atom stereocenters. The number of amidine groups is 1. The maximum atomic E-state index is 12.4. The molecule has 1 heterocycles. The van der Waals surface area contributed by atoms with Gasteiger partial charge in [0.25, 0.3) is 0 Å². The van der Waals surface area contributed by atoms with Crippen LogP contribution in [0, 0.1) is 5.41 Å². The first-order valence-electron chi connectivity index (χ1n) is 7.90. The van der Waals surface area contributed by atoms with Crippen LogP contribution in [0.25, 0.3) is 21.3 Å². The highest BCUT2D eigenvalue weighted by Crippen LogP contribution is 2.36. The Labute approximate surface area is 165 Å². The van der Waals surface area contributed by atoms with Crippen LogP contribution < -0.4 is 15.5 Å². The Kier molecular flexibility index (Phi) is 5.57. The molecular weight excluding hydrogens is 413 g/mol. The molecule has 5 N–H and O–H groups in total. The van der Waals surface area contributed by atoms with Crippen LogP contribution in [0.3, 0.4) is 0 Å². The molecule has 2 aromatic carbocycles. The van der Waals surface area contributed by atoms with Crippen molar-refractivity contribution in [2.75, 3.05) is 0 Å². The number of hydrogen-bond donors (Lipinski definition) is 5. The van der Waals surface area contributed by atoms with E-state index in [0.717, 1.165) is 12.1 Å². The number of carbonyl (C=O) groups is 1. The zero-order valence-corrected chi connectivity index (χ0v) is 15.2. The number of aromatic nitrogens is 1. The summed E-state index contributed by atoms with van der Waals surface area (Å²) in [5.41, 5.74) is 5.39. The monoisotopic (exact) mass is 426 g/mol. The van der Waals surface area contributed by atoms with E-state index in [9.17, 15) is 18.0 Å². The summed E-state index contributed by atoms with van der Waals surface area (Å²) in [6.07, 6.45) is -6.09. The Bertz CT molecular complexity index is 1070. The number of ether oxygens (including phenoxy) is 1. The fourth-order valence-electron chi connectivity index (χ4n) is 2.77. The minimum atomic E-state index is -4.81. The number of thiazole rings is 1. The summed E-state index contributed by atoms with van der Waals surface area (Å²) in [7, 11) is 0. The average Bonchev–Trinajstić information content (AvgIpc) is 3.13. The van der Waals surface area contributed by atoms with Crippen molar-refractivity contribution in [1.29, 1.82) is 5.41 Å². The number of alkyl halides is 3. The number of nitrogens with zero attached hydrogens (tertiary/aromatic N) is 1. The normalized spacial score (nSPS) is 11.3. The first kappa shape index (κ1) is 20.4. The molecule has 0 aliphatic rings. The van der Waals surface area contributed by atoms with Gasteiger partial charge in [0.2, 0.25) is 0 Å². The summed E-state index contributed by atoms with van der Waals surface area (Å²) >= 11 is 1.17. The summed E-state index contributed by atoms with van der Waals surface area (Å²) in [4.78, 5) is 15.2. The third-order valence-electron chi connectivity index (χ3n) is 3.88. The van der Waals surface area contributed by atoms with Gasteiger partial charge in [0.15, 0.2) is 5.84 Å². The Hall–Kier alpha value is -3.38. The minimum absolute atomic E-state index is 0.162. The summed E-state index contributed by atoms with van der Waals surface area (Å²) < 4.78 is 41.4. The van der Waals surface area contributed by atoms with E-state index in [-0.39, 0.29) is 23.7 Å². The second-order valence-electron chi connectivity index (χ2n) is 5.71. The first-order valence-corrected chi connectivity index (χ1v) is 8.78. The number of carboxylic acid groups (broad SMARTS) is 1. The largest absolute Gasteiger partial charge is 0.573 e. The van der Waals surface area contributed by atoms with Crippen molar-refractivity contribution in [3.63, 3.8) is 0 Å². The zero-order chi connectivity index (χ0) is 21.2. The van der Waals surface area contributed by atoms with Crippen LogP contribution in [0.1, 0.15) is 11.1 Å². The van der Waals surface area contributed by atoms with Gasteiger partial charge in [0.1, 0.15) is 5.75 Å². The lowest BCUT2D eigenvalue weighted by Crippen LogP contribution is -2.25. The van der Waals surface area contributed by atoms with Gasteiger partial charge in [0, 0.05) is 17.7 Å². The van der Waals surface area contributed by atoms with Crippen molar-refractivity contribution in [3.05, 3.63) is 47.0 Å². The van der Waals surface area contributed by atoms with Crippen LogP contribution in [0.2, 0.25) is 0 Å². The molecule has 0 fully saturated rings. The minimum Gasteiger partial charge on any atom is -0.465 e.